The summed E-state index contributed by atoms with van der Waals surface area (Å²) in [6.07, 6.45) is 7.60. The smallest absolute Gasteiger partial charge is 0.162 e. The van der Waals surface area contributed by atoms with Crippen LogP contribution in [0.25, 0.3) is 101 Å². The summed E-state index contributed by atoms with van der Waals surface area (Å²) in [7, 11) is 0. The lowest BCUT2D eigenvalue weighted by molar-refractivity contribution is 0.754. The first-order valence-corrected chi connectivity index (χ1v) is 23.7. The second-order valence-corrected chi connectivity index (χ2v) is 18.3. The van der Waals surface area contributed by atoms with Gasteiger partial charge in [0.1, 0.15) is 11.6 Å². The van der Waals surface area contributed by atoms with Crippen molar-refractivity contribution in [1.29, 1.82) is 0 Å². The molecule has 16 rings (SSSR count). The van der Waals surface area contributed by atoms with E-state index >= 15 is 0 Å². The lowest BCUT2D eigenvalue weighted by Gasteiger charge is -2.42. The number of para-hydroxylation sites is 2. The van der Waals surface area contributed by atoms with Gasteiger partial charge in [-0.2, -0.15) is 0 Å². The molecule has 70 heavy (non-hydrogen) atoms. The van der Waals surface area contributed by atoms with Gasteiger partial charge >= 0.3 is 0 Å². The van der Waals surface area contributed by atoms with Crippen LogP contribution in [0.15, 0.2) is 219 Å². The first kappa shape index (κ1) is 38.7. The van der Waals surface area contributed by atoms with Gasteiger partial charge in [0, 0.05) is 92.6 Å². The van der Waals surface area contributed by atoms with Gasteiger partial charge < -0.3 is 0 Å². The van der Waals surface area contributed by atoms with Gasteiger partial charge in [0.2, 0.25) is 0 Å². The number of aromatic nitrogens is 8. The highest BCUT2D eigenvalue weighted by atomic mass is 15.1. The first-order valence-electron chi connectivity index (χ1n) is 23.7. The van der Waals surface area contributed by atoms with Gasteiger partial charge in [0.25, 0.3) is 0 Å². The molecule has 8 heteroatoms. The van der Waals surface area contributed by atoms with Crippen LogP contribution in [0.1, 0.15) is 45.2 Å². The third kappa shape index (κ3) is 5.77. The molecule has 0 saturated heterocycles. The van der Waals surface area contributed by atoms with Crippen molar-refractivity contribution in [1.82, 2.24) is 39.0 Å². The molecule has 0 amide bonds. The average molecular weight is 895 g/mol. The standard InChI is InChI=1S/C62H38N8/c1-3-13-37(14-4-1)51-33-57(69-53-21-11-9-17-41(53)49-35-63-29-27-55(49)69)67-61(65-51)39-23-25-45-47(31-39)59-43-19-7-8-20-44(43)60(45)48-32-40(24-26-46(48)59)62-66-52(38-15-5-2-6-16-38)34-58(68-62)70-54-22-12-10-18-42(54)50-36-64-30-28-56(50)70/h1-36,59-60H. The molecule has 0 aliphatic heterocycles. The lowest BCUT2D eigenvalue weighted by Crippen LogP contribution is -2.27. The highest BCUT2D eigenvalue weighted by molar-refractivity contribution is 6.09. The Kier molecular flexibility index (Phi) is 8.32. The van der Waals surface area contributed by atoms with Crippen LogP contribution >= 0.6 is 0 Å². The first-order chi connectivity index (χ1) is 34.7. The van der Waals surface area contributed by atoms with Crippen LogP contribution in [0.2, 0.25) is 0 Å². The fourth-order valence-electron chi connectivity index (χ4n) is 11.5. The van der Waals surface area contributed by atoms with Crippen molar-refractivity contribution in [3.8, 4) is 56.9 Å². The number of hydrogen-bond donors (Lipinski definition) is 0. The number of pyridine rings is 2. The topological polar surface area (TPSA) is 87.2 Å². The Hall–Kier alpha value is -9.40. The van der Waals surface area contributed by atoms with Crippen molar-refractivity contribution in [3.05, 3.63) is 252 Å². The molecule has 0 spiro atoms. The van der Waals surface area contributed by atoms with E-state index in [0.717, 1.165) is 88.9 Å². The van der Waals surface area contributed by atoms with E-state index in [0.29, 0.717) is 11.6 Å². The normalized spacial score (nSPS) is 14.6. The van der Waals surface area contributed by atoms with Crippen LogP contribution in [-0.4, -0.2) is 39.0 Å². The van der Waals surface area contributed by atoms with Gasteiger partial charge in [0.15, 0.2) is 11.6 Å². The minimum atomic E-state index is 0.0140. The van der Waals surface area contributed by atoms with Crippen molar-refractivity contribution < 1.29 is 0 Å². The summed E-state index contributed by atoms with van der Waals surface area (Å²) in [5.41, 5.74) is 17.8. The highest BCUT2D eigenvalue weighted by Crippen LogP contribution is 2.56. The number of fused-ring (bicyclic) bond motifs is 6. The zero-order valence-corrected chi connectivity index (χ0v) is 37.5. The summed E-state index contributed by atoms with van der Waals surface area (Å²) in [4.78, 5) is 30.5. The molecule has 2 bridgehead atoms. The van der Waals surface area contributed by atoms with Crippen LogP contribution in [0.3, 0.4) is 0 Å². The van der Waals surface area contributed by atoms with Gasteiger partial charge in [-0.1, -0.05) is 146 Å². The minimum Gasteiger partial charge on any atom is -0.294 e. The van der Waals surface area contributed by atoms with Crippen LogP contribution in [-0.2, 0) is 0 Å². The Morgan fingerprint density at radius 3 is 1.17 bits per heavy atom. The SMILES string of the molecule is c1ccc(-c2cc(-n3c4ccccc4c4cnccc43)nc(-c3ccc4c(c3)C3c5ccccc5C4c4cc(-c5nc(-c6ccccc6)cc(-n6c7ccccc7c7cnccc76)n5)ccc43)n2)cc1. The van der Waals surface area contributed by atoms with E-state index in [-0.39, 0.29) is 11.8 Å². The molecule has 0 fully saturated rings. The lowest BCUT2D eigenvalue weighted by atomic mass is 9.61. The Morgan fingerprint density at radius 1 is 0.300 bits per heavy atom. The molecule has 7 aromatic carbocycles. The third-order valence-electron chi connectivity index (χ3n) is 14.5. The van der Waals surface area contributed by atoms with Crippen molar-refractivity contribution in [2.75, 3.05) is 0 Å². The molecule has 0 saturated carbocycles. The minimum absolute atomic E-state index is 0.0140. The zero-order valence-electron chi connectivity index (χ0n) is 37.5. The molecular formula is C62H38N8. The van der Waals surface area contributed by atoms with E-state index in [1.54, 1.807) is 0 Å². The molecule has 2 atom stereocenters. The quantitative estimate of drug-likeness (QED) is 0.165. The van der Waals surface area contributed by atoms with Gasteiger partial charge in [0.05, 0.1) is 33.5 Å². The van der Waals surface area contributed by atoms with Crippen LogP contribution in [0.5, 0.6) is 0 Å². The molecule has 8 nitrogen and oxygen atoms in total. The summed E-state index contributed by atoms with van der Waals surface area (Å²) >= 11 is 0. The van der Waals surface area contributed by atoms with Crippen molar-refractivity contribution in [3.63, 3.8) is 0 Å². The molecule has 0 radical (unpaired) electrons. The second-order valence-electron chi connectivity index (χ2n) is 18.3. The largest absolute Gasteiger partial charge is 0.294 e. The van der Waals surface area contributed by atoms with Crippen LogP contribution in [0, 0.1) is 0 Å². The van der Waals surface area contributed by atoms with Crippen molar-refractivity contribution >= 4 is 43.6 Å². The van der Waals surface area contributed by atoms with E-state index in [2.05, 4.69) is 201 Å². The molecule has 2 unspecified atom stereocenters. The Balaban J connectivity index is 0.891. The summed E-state index contributed by atoms with van der Waals surface area (Å²) in [6.45, 7) is 0. The Labute approximate surface area is 401 Å². The predicted molar refractivity (Wildman–Crippen MR) is 278 cm³/mol. The molecule has 326 valence electrons. The van der Waals surface area contributed by atoms with E-state index < -0.39 is 0 Å². The van der Waals surface area contributed by atoms with Gasteiger partial charge in [-0.3, -0.25) is 19.1 Å². The van der Waals surface area contributed by atoms with E-state index in [1.807, 2.05) is 36.9 Å². The zero-order chi connectivity index (χ0) is 45.9. The highest BCUT2D eigenvalue weighted by Gasteiger charge is 2.41. The number of benzene rings is 7. The third-order valence-corrected chi connectivity index (χ3v) is 14.5. The maximum Gasteiger partial charge on any atom is 0.162 e. The Bertz CT molecular complexity index is 3890. The maximum absolute atomic E-state index is 5.42. The Morgan fingerprint density at radius 2 is 0.700 bits per heavy atom. The fourth-order valence-corrected chi connectivity index (χ4v) is 11.5. The summed E-state index contributed by atoms with van der Waals surface area (Å²) in [6, 6.07) is 68.9. The van der Waals surface area contributed by atoms with Crippen molar-refractivity contribution in [2.45, 2.75) is 11.8 Å². The van der Waals surface area contributed by atoms with Crippen molar-refractivity contribution in [2.24, 2.45) is 0 Å². The molecule has 13 aromatic rings. The van der Waals surface area contributed by atoms with Gasteiger partial charge in [-0.05, 0) is 69.8 Å². The van der Waals surface area contributed by atoms with E-state index in [9.17, 15) is 0 Å². The molecule has 0 N–H and O–H groups in total. The molecule has 6 aromatic heterocycles. The van der Waals surface area contributed by atoms with Crippen LogP contribution < -0.4 is 0 Å². The predicted octanol–water partition coefficient (Wildman–Crippen LogP) is 13.9. The summed E-state index contributed by atoms with van der Waals surface area (Å²) in [5, 5.41) is 4.44. The van der Waals surface area contributed by atoms with Gasteiger partial charge in [-0.25, -0.2) is 19.9 Å². The second kappa shape index (κ2) is 15.1. The van der Waals surface area contributed by atoms with Gasteiger partial charge in [-0.15, -0.1) is 0 Å². The number of nitrogens with zero attached hydrogens (tertiary/aromatic N) is 8. The van der Waals surface area contributed by atoms with E-state index in [4.69, 9.17) is 19.9 Å². The molecule has 6 heterocycles. The fraction of sp³-hybridized carbons (Fsp3) is 0.0323. The molecule has 3 aliphatic rings. The van der Waals surface area contributed by atoms with E-state index in [1.165, 1.54) is 33.4 Å². The maximum atomic E-state index is 5.42. The molecular weight excluding hydrogens is 857 g/mol. The summed E-state index contributed by atoms with van der Waals surface area (Å²) in [5.74, 6) is 2.99. The molecule has 3 aliphatic carbocycles. The number of hydrogen-bond acceptors (Lipinski definition) is 6. The monoisotopic (exact) mass is 894 g/mol. The van der Waals surface area contributed by atoms with Crippen LogP contribution in [0.4, 0.5) is 0 Å². The average Bonchev–Trinajstić information content (AvgIpc) is 3.96. The number of rotatable bonds is 6. The summed E-state index contributed by atoms with van der Waals surface area (Å²) < 4.78 is 4.49.